The molecule has 0 heterocycles. The van der Waals surface area contributed by atoms with Crippen LogP contribution in [0.5, 0.6) is 0 Å². The summed E-state index contributed by atoms with van der Waals surface area (Å²) in [6.07, 6.45) is 1.39. The number of aliphatic hydroxyl groups is 1. The van der Waals surface area contributed by atoms with E-state index in [1.54, 1.807) is 0 Å². The van der Waals surface area contributed by atoms with Gasteiger partial charge >= 0.3 is 0 Å². The number of nitrogens with one attached hydrogen (secondary N) is 1. The first-order valence-corrected chi connectivity index (χ1v) is 11.0. The Labute approximate surface area is 187 Å². The summed E-state index contributed by atoms with van der Waals surface area (Å²) in [5.74, 6) is 0.258. The number of hydrogen-bond acceptors (Lipinski definition) is 3. The van der Waals surface area contributed by atoms with Crippen molar-refractivity contribution in [2.75, 3.05) is 6.54 Å². The molecule has 0 spiro atoms. The second-order valence-corrected chi connectivity index (χ2v) is 7.99. The normalized spacial score (nSPS) is 12.5. The predicted octanol–water partition coefficient (Wildman–Crippen LogP) is 5.39. The molecule has 2 N–H and O–H groups in total. The van der Waals surface area contributed by atoms with E-state index in [1.165, 1.54) is 30.5 Å². The summed E-state index contributed by atoms with van der Waals surface area (Å²) in [5, 5.41) is 12.0. The Kier molecular flexibility index (Phi) is 10.7. The van der Waals surface area contributed by atoms with E-state index in [9.17, 15) is 4.79 Å². The van der Waals surface area contributed by atoms with Crippen LogP contribution in [0.1, 0.15) is 49.8 Å². The van der Waals surface area contributed by atoms with Crippen LogP contribution in [0.4, 0.5) is 0 Å². The minimum Gasteiger partial charge on any atom is -0.386 e. The van der Waals surface area contributed by atoms with Crippen molar-refractivity contribution in [2.24, 2.45) is 0 Å². The van der Waals surface area contributed by atoms with Gasteiger partial charge in [-0.25, -0.2) is 0 Å². The van der Waals surface area contributed by atoms with E-state index in [-0.39, 0.29) is 5.78 Å². The molecule has 164 valence electrons. The van der Waals surface area contributed by atoms with E-state index in [0.29, 0.717) is 12.0 Å². The van der Waals surface area contributed by atoms with Gasteiger partial charge < -0.3 is 10.4 Å². The lowest BCUT2D eigenvalue weighted by Crippen LogP contribution is -2.30. The fourth-order valence-electron chi connectivity index (χ4n) is 3.41. The minimum atomic E-state index is -0.787. The largest absolute Gasteiger partial charge is 0.386 e. The monoisotopic (exact) mass is 417 g/mol. The van der Waals surface area contributed by atoms with Crippen molar-refractivity contribution in [3.63, 3.8) is 0 Å². The Morgan fingerprint density at radius 1 is 0.806 bits per heavy atom. The van der Waals surface area contributed by atoms with Gasteiger partial charge in [-0.2, -0.15) is 0 Å². The lowest BCUT2D eigenvalue weighted by Gasteiger charge is -2.20. The highest BCUT2D eigenvalue weighted by molar-refractivity contribution is 5.79. The van der Waals surface area contributed by atoms with Crippen molar-refractivity contribution in [3.05, 3.63) is 108 Å². The number of Topliss-reactive ketones (excluding diaryl/α,β-unsaturated/α-hetero) is 1. The van der Waals surface area contributed by atoms with Crippen LogP contribution in [0, 0.1) is 0 Å². The molecule has 3 rings (SSSR count). The third-order valence-electron chi connectivity index (χ3n) is 5.30. The molecule has 0 aliphatic carbocycles. The summed E-state index contributed by atoms with van der Waals surface area (Å²) in [4.78, 5) is 9.89. The van der Waals surface area contributed by atoms with Crippen molar-refractivity contribution in [2.45, 2.75) is 51.7 Å². The molecule has 0 aromatic heterocycles. The van der Waals surface area contributed by atoms with E-state index >= 15 is 0 Å². The highest BCUT2D eigenvalue weighted by Gasteiger charge is 2.14. The van der Waals surface area contributed by atoms with Gasteiger partial charge in [-0.05, 0) is 56.8 Å². The molecule has 0 aliphatic heterocycles. The summed E-state index contributed by atoms with van der Waals surface area (Å²) in [6.45, 7) is 6.09. The minimum absolute atomic E-state index is 0.185. The standard InChI is InChI=1S/C24H27N.C4H8O2/c1-20(19-21-11-5-2-6-12-21)25-18-17-24(22-13-7-3-8-14-22)23-15-9-4-10-16-23;1-3(5)4(2)6/h2-16,20,24-25H,17-19H2,1H3;3,5H,1-2H3. The predicted molar refractivity (Wildman–Crippen MR) is 129 cm³/mol. The zero-order chi connectivity index (χ0) is 22.5. The Bertz CT molecular complexity index is 824. The van der Waals surface area contributed by atoms with Gasteiger partial charge in [0.1, 0.15) is 6.10 Å². The highest BCUT2D eigenvalue weighted by atomic mass is 16.3. The van der Waals surface area contributed by atoms with Crippen LogP contribution in [-0.2, 0) is 11.2 Å². The van der Waals surface area contributed by atoms with Crippen molar-refractivity contribution in [3.8, 4) is 0 Å². The number of rotatable bonds is 9. The zero-order valence-corrected chi connectivity index (χ0v) is 18.9. The molecule has 0 fully saturated rings. The van der Waals surface area contributed by atoms with E-state index in [2.05, 4.69) is 103 Å². The van der Waals surface area contributed by atoms with Crippen LogP contribution < -0.4 is 5.32 Å². The molecular formula is C28H35NO2. The average Bonchev–Trinajstić information content (AvgIpc) is 2.79. The Morgan fingerprint density at radius 3 is 1.65 bits per heavy atom. The second-order valence-electron chi connectivity index (χ2n) is 7.99. The molecule has 3 heteroatoms. The Balaban J connectivity index is 0.000000501. The first-order chi connectivity index (χ1) is 15.0. The molecule has 0 saturated carbocycles. The molecule has 3 nitrogen and oxygen atoms in total. The van der Waals surface area contributed by atoms with Crippen LogP contribution in [-0.4, -0.2) is 29.6 Å². The average molecular weight is 418 g/mol. The van der Waals surface area contributed by atoms with Gasteiger partial charge in [0.05, 0.1) is 0 Å². The van der Waals surface area contributed by atoms with Gasteiger partial charge in [0.25, 0.3) is 0 Å². The Hall–Kier alpha value is -2.75. The quantitative estimate of drug-likeness (QED) is 0.491. The molecule has 0 saturated heterocycles. The maximum Gasteiger partial charge on any atom is 0.157 e. The number of benzene rings is 3. The summed E-state index contributed by atoms with van der Waals surface area (Å²) < 4.78 is 0. The van der Waals surface area contributed by atoms with Gasteiger partial charge in [-0.15, -0.1) is 0 Å². The lowest BCUT2D eigenvalue weighted by atomic mass is 9.88. The van der Waals surface area contributed by atoms with E-state index in [0.717, 1.165) is 19.4 Å². The molecule has 3 aromatic carbocycles. The van der Waals surface area contributed by atoms with Gasteiger partial charge in [0, 0.05) is 12.0 Å². The van der Waals surface area contributed by atoms with E-state index in [1.807, 2.05) is 0 Å². The molecule has 2 unspecified atom stereocenters. The number of carbonyl (C=O) groups excluding carboxylic acids is 1. The van der Waals surface area contributed by atoms with Gasteiger partial charge in [-0.1, -0.05) is 91.0 Å². The van der Waals surface area contributed by atoms with Crippen LogP contribution in [0.15, 0.2) is 91.0 Å². The third-order valence-corrected chi connectivity index (χ3v) is 5.30. The first-order valence-electron chi connectivity index (χ1n) is 11.0. The lowest BCUT2D eigenvalue weighted by molar-refractivity contribution is -0.124. The topological polar surface area (TPSA) is 49.3 Å². The summed E-state index contributed by atoms with van der Waals surface area (Å²) >= 11 is 0. The van der Waals surface area contributed by atoms with E-state index in [4.69, 9.17) is 5.11 Å². The molecular weight excluding hydrogens is 382 g/mol. The molecule has 0 amide bonds. The maximum absolute atomic E-state index is 9.89. The van der Waals surface area contributed by atoms with Crippen molar-refractivity contribution < 1.29 is 9.90 Å². The molecule has 0 aliphatic rings. The highest BCUT2D eigenvalue weighted by Crippen LogP contribution is 2.27. The third kappa shape index (κ3) is 9.29. The SMILES string of the molecule is CC(=O)C(C)O.CC(Cc1ccccc1)NCCC(c1ccccc1)c1ccccc1. The van der Waals surface area contributed by atoms with Gasteiger partial charge in [-0.3, -0.25) is 4.79 Å². The maximum atomic E-state index is 9.89. The smallest absolute Gasteiger partial charge is 0.157 e. The number of carbonyl (C=O) groups is 1. The summed E-state index contributed by atoms with van der Waals surface area (Å²) in [7, 11) is 0. The van der Waals surface area contributed by atoms with Gasteiger partial charge in [0.2, 0.25) is 0 Å². The zero-order valence-electron chi connectivity index (χ0n) is 18.9. The van der Waals surface area contributed by atoms with Crippen LogP contribution in [0.25, 0.3) is 0 Å². The number of ketones is 1. The molecule has 31 heavy (non-hydrogen) atoms. The fourth-order valence-corrected chi connectivity index (χ4v) is 3.41. The number of aliphatic hydroxyl groups excluding tert-OH is 1. The molecule has 3 aromatic rings. The van der Waals surface area contributed by atoms with E-state index < -0.39 is 6.10 Å². The van der Waals surface area contributed by atoms with Crippen molar-refractivity contribution in [1.82, 2.24) is 5.32 Å². The van der Waals surface area contributed by atoms with Crippen molar-refractivity contribution in [1.29, 1.82) is 0 Å². The summed E-state index contributed by atoms with van der Waals surface area (Å²) in [6, 6.07) is 32.9. The number of hydrogen-bond donors (Lipinski definition) is 2. The van der Waals surface area contributed by atoms with Crippen LogP contribution in [0.3, 0.4) is 0 Å². The molecule has 2 atom stereocenters. The van der Waals surface area contributed by atoms with Crippen molar-refractivity contribution >= 4 is 5.78 Å². The first kappa shape index (κ1) is 24.5. The summed E-state index contributed by atoms with van der Waals surface area (Å²) in [5.41, 5.74) is 4.18. The van der Waals surface area contributed by atoms with Gasteiger partial charge in [0.15, 0.2) is 5.78 Å². The van der Waals surface area contributed by atoms with Crippen LogP contribution in [0.2, 0.25) is 0 Å². The second kappa shape index (κ2) is 13.5. The van der Waals surface area contributed by atoms with Crippen LogP contribution >= 0.6 is 0 Å². The Morgan fingerprint density at radius 2 is 1.23 bits per heavy atom. The molecule has 0 radical (unpaired) electrons. The molecule has 0 bridgehead atoms. The fraction of sp³-hybridized carbons (Fsp3) is 0.321.